The molecule has 5 aromatic carbocycles. The molecule has 0 radical (unpaired) electrons. The second-order valence-corrected chi connectivity index (χ2v) is 18.0. The summed E-state index contributed by atoms with van der Waals surface area (Å²) in [7, 11) is -4.63. The number of rotatable bonds is 12. The smallest absolute Gasteiger partial charge is 0.244 e. The normalized spacial score (nSPS) is 19.1. The molecule has 294 valence electrons. The minimum absolute atomic E-state index is 0.0397. The van der Waals surface area contributed by atoms with Crippen LogP contribution < -0.4 is 16.6 Å². The van der Waals surface area contributed by atoms with E-state index in [4.69, 9.17) is 85.5 Å². The monoisotopic (exact) mass is 900 g/mol. The summed E-state index contributed by atoms with van der Waals surface area (Å²) in [6.07, 6.45) is 0.921. The molecule has 0 aromatic heterocycles. The van der Waals surface area contributed by atoms with Gasteiger partial charge in [0.15, 0.2) is 0 Å². The van der Waals surface area contributed by atoms with Gasteiger partial charge in [0.1, 0.15) is 5.92 Å². The van der Waals surface area contributed by atoms with Crippen molar-refractivity contribution < 1.29 is 13.2 Å². The summed E-state index contributed by atoms with van der Waals surface area (Å²) in [6.45, 7) is 1.97. The second kappa shape index (κ2) is 17.2. The van der Waals surface area contributed by atoms with Gasteiger partial charge in [-0.3, -0.25) is 4.79 Å². The first kappa shape index (κ1) is 41.3. The lowest BCUT2D eigenvalue weighted by Crippen LogP contribution is -2.47. The fourth-order valence-corrected chi connectivity index (χ4v) is 10.3. The zero-order valence-corrected chi connectivity index (χ0v) is 35.4. The largest absolute Gasteiger partial charge is 0.369 e. The highest BCUT2D eigenvalue weighted by atomic mass is 35.5. The van der Waals surface area contributed by atoms with E-state index >= 15 is 8.42 Å². The molecule has 5 aromatic rings. The highest BCUT2D eigenvalue weighted by Gasteiger charge is 2.51. The number of hydrogen-bond acceptors (Lipinski definition) is 7. The molecule has 0 spiro atoms. The Hall–Kier alpha value is -3.84. The Bertz CT molecular complexity index is 2480. The van der Waals surface area contributed by atoms with E-state index in [1.165, 1.54) is 16.4 Å². The van der Waals surface area contributed by atoms with Crippen LogP contribution in [0.3, 0.4) is 0 Å². The van der Waals surface area contributed by atoms with Gasteiger partial charge in [0.05, 0.1) is 40.5 Å². The molecule has 5 unspecified atom stereocenters. The van der Waals surface area contributed by atoms with Crippen LogP contribution in [0.5, 0.6) is 0 Å². The molecular formula is C41H34Cl6N6O3S. The van der Waals surface area contributed by atoms with Gasteiger partial charge in [0.25, 0.3) is 0 Å². The topological polar surface area (TPSA) is 129 Å². The number of primary amides is 1. The van der Waals surface area contributed by atoms with Crippen LogP contribution in [0.15, 0.2) is 124 Å². The molecule has 4 N–H and O–H groups in total. The van der Waals surface area contributed by atoms with Crippen molar-refractivity contribution in [3.63, 3.8) is 0 Å². The number of nitrogens with two attached hydrogens (primary N) is 1. The molecule has 0 aliphatic carbocycles. The van der Waals surface area contributed by atoms with Crippen molar-refractivity contribution in [3.8, 4) is 0 Å². The summed E-state index contributed by atoms with van der Waals surface area (Å²) < 4.78 is 32.8. The van der Waals surface area contributed by atoms with Gasteiger partial charge in [-0.05, 0) is 94.9 Å². The number of carbonyl (C=O) groups is 1. The summed E-state index contributed by atoms with van der Waals surface area (Å²) in [4.78, 5) is 13.7. The molecule has 0 bridgehead atoms. The highest BCUT2D eigenvalue weighted by Crippen LogP contribution is 2.47. The summed E-state index contributed by atoms with van der Waals surface area (Å²) in [5.74, 6) is -1.95. The van der Waals surface area contributed by atoms with Crippen LogP contribution in [0.2, 0.25) is 30.1 Å². The molecule has 1 amide bonds. The first-order valence-corrected chi connectivity index (χ1v) is 21.4. The number of benzene rings is 5. The van der Waals surface area contributed by atoms with Crippen LogP contribution in [-0.2, 0) is 21.2 Å². The Kier molecular flexibility index (Phi) is 12.5. The van der Waals surface area contributed by atoms with Gasteiger partial charge in [-0.25, -0.2) is 8.42 Å². The van der Waals surface area contributed by atoms with Crippen LogP contribution in [-0.4, -0.2) is 30.1 Å². The molecule has 0 saturated carbocycles. The van der Waals surface area contributed by atoms with E-state index in [0.29, 0.717) is 43.3 Å². The van der Waals surface area contributed by atoms with Gasteiger partial charge < -0.3 is 16.6 Å². The molecule has 0 saturated heterocycles. The van der Waals surface area contributed by atoms with Gasteiger partial charge >= 0.3 is 0 Å². The second-order valence-electron chi connectivity index (χ2n) is 13.6. The van der Waals surface area contributed by atoms with Crippen molar-refractivity contribution in [1.82, 2.24) is 15.2 Å². The average Bonchev–Trinajstić information content (AvgIpc) is 3.85. The number of sulfonamides is 1. The molecule has 2 aliphatic heterocycles. The number of nitrogens with one attached hydrogen (secondary N) is 2. The summed E-state index contributed by atoms with van der Waals surface area (Å²) >= 11 is 39.4. The number of hydrazone groups is 2. The van der Waals surface area contributed by atoms with Crippen molar-refractivity contribution in [1.29, 1.82) is 0 Å². The van der Waals surface area contributed by atoms with Crippen molar-refractivity contribution >= 4 is 97.0 Å². The standard InChI is InChI=1S/C41H34Cl6N6O3S/c1-2-22-3-15-29(16-4-22)57(55,56)53(39(30-17-13-27(44)19-32(30)46)35-21-34(49-50-35)23-5-9-25(42)10-6-23)40(31-18-14-28(45)20-33(31)47)38-36(41(48)54)37(51-52-38)24-7-11-26(43)12-8-24/h3-20,34,36-37,39-40,49,51H,2,21H2,1H3,(H2,48,54). The van der Waals surface area contributed by atoms with Gasteiger partial charge in [0, 0.05) is 36.6 Å². The van der Waals surface area contributed by atoms with Crippen LogP contribution in [0.1, 0.15) is 65.3 Å². The molecule has 0 fully saturated rings. The van der Waals surface area contributed by atoms with Crippen LogP contribution in [0.25, 0.3) is 0 Å². The number of nitrogens with zero attached hydrogens (tertiary/aromatic N) is 3. The quantitative estimate of drug-likeness (QED) is 0.115. The maximum Gasteiger partial charge on any atom is 0.244 e. The van der Waals surface area contributed by atoms with E-state index in [1.807, 2.05) is 19.1 Å². The van der Waals surface area contributed by atoms with E-state index in [0.717, 1.165) is 11.1 Å². The van der Waals surface area contributed by atoms with Gasteiger partial charge in [0.2, 0.25) is 15.9 Å². The number of halogens is 6. The van der Waals surface area contributed by atoms with Gasteiger partial charge in [-0.15, -0.1) is 0 Å². The third-order valence-corrected chi connectivity index (χ3v) is 13.6. The van der Waals surface area contributed by atoms with Crippen molar-refractivity contribution in [2.75, 3.05) is 0 Å². The predicted molar refractivity (Wildman–Crippen MR) is 230 cm³/mol. The number of carbonyl (C=O) groups excluding carboxylic acids is 1. The Labute approximate surface area is 360 Å². The van der Waals surface area contributed by atoms with Crippen LogP contribution in [0.4, 0.5) is 0 Å². The zero-order valence-electron chi connectivity index (χ0n) is 30.0. The van der Waals surface area contributed by atoms with E-state index in [2.05, 4.69) is 10.9 Å². The number of hydrogen-bond donors (Lipinski definition) is 3. The van der Waals surface area contributed by atoms with Crippen molar-refractivity contribution in [2.45, 2.75) is 48.8 Å². The summed E-state index contributed by atoms with van der Waals surface area (Å²) in [5.41, 5.74) is 16.0. The van der Waals surface area contributed by atoms with Crippen molar-refractivity contribution in [2.24, 2.45) is 21.9 Å². The van der Waals surface area contributed by atoms with Gasteiger partial charge in [-0.1, -0.05) is 125 Å². The van der Waals surface area contributed by atoms with E-state index in [-0.39, 0.29) is 38.7 Å². The first-order chi connectivity index (χ1) is 27.3. The Balaban J connectivity index is 1.51. The average molecular weight is 904 g/mol. The molecule has 7 rings (SSSR count). The fourth-order valence-electron chi connectivity index (χ4n) is 7.24. The maximum absolute atomic E-state index is 15.8. The third-order valence-electron chi connectivity index (χ3n) is 10.1. The van der Waals surface area contributed by atoms with Crippen LogP contribution in [0, 0.1) is 5.92 Å². The number of aryl methyl sites for hydroxylation is 1. The van der Waals surface area contributed by atoms with E-state index in [9.17, 15) is 4.79 Å². The minimum atomic E-state index is -4.63. The maximum atomic E-state index is 15.8. The minimum Gasteiger partial charge on any atom is -0.369 e. The van der Waals surface area contributed by atoms with E-state index < -0.39 is 40.0 Å². The third kappa shape index (κ3) is 8.51. The first-order valence-electron chi connectivity index (χ1n) is 17.7. The zero-order chi connectivity index (χ0) is 40.6. The Morgan fingerprint density at radius 3 is 1.77 bits per heavy atom. The predicted octanol–water partition coefficient (Wildman–Crippen LogP) is 10.5. The Morgan fingerprint density at radius 1 is 0.719 bits per heavy atom. The molecule has 2 heterocycles. The summed E-state index contributed by atoms with van der Waals surface area (Å²) in [5, 5.41) is 11.5. The SMILES string of the molecule is CCc1ccc(S(=O)(=O)N(C(C2=NNC(c3ccc(Cl)cc3)C2)c2ccc(Cl)cc2Cl)C(C2=NNC(c3ccc(Cl)cc3)C2C(N)=O)c2ccc(Cl)cc2Cl)cc1. The molecule has 2 aliphatic rings. The molecule has 16 heteroatoms. The Morgan fingerprint density at radius 2 is 1.25 bits per heavy atom. The summed E-state index contributed by atoms with van der Waals surface area (Å²) in [6, 6.07) is 26.4. The fraction of sp³-hybridized carbons (Fsp3) is 0.195. The van der Waals surface area contributed by atoms with E-state index in [1.54, 1.807) is 84.9 Å². The van der Waals surface area contributed by atoms with Gasteiger partial charge in [-0.2, -0.15) is 14.5 Å². The lowest BCUT2D eigenvalue weighted by Gasteiger charge is -2.39. The van der Waals surface area contributed by atoms with Crippen molar-refractivity contribution in [3.05, 3.63) is 167 Å². The lowest BCUT2D eigenvalue weighted by atomic mass is 9.84. The molecule has 57 heavy (non-hydrogen) atoms. The lowest BCUT2D eigenvalue weighted by molar-refractivity contribution is -0.120. The molecule has 9 nitrogen and oxygen atoms in total. The molecule has 5 atom stereocenters. The highest BCUT2D eigenvalue weighted by molar-refractivity contribution is 7.89. The van der Waals surface area contributed by atoms with Crippen LogP contribution >= 0.6 is 69.6 Å². The number of amides is 1. The molecular weight excluding hydrogens is 869 g/mol.